The number of hydrogen-bond donors (Lipinski definition) is 2. The number of carbonyl (C=O) groups is 2. The van der Waals surface area contributed by atoms with E-state index >= 15 is 0 Å². The lowest BCUT2D eigenvalue weighted by Crippen LogP contribution is -2.28. The van der Waals surface area contributed by atoms with Crippen LogP contribution in [-0.4, -0.2) is 28.1 Å². The van der Waals surface area contributed by atoms with Crippen LogP contribution in [0.2, 0.25) is 0 Å². The van der Waals surface area contributed by atoms with Gasteiger partial charge in [-0.1, -0.05) is 45.0 Å². The average Bonchev–Trinajstić information content (AvgIpc) is 3.24. The van der Waals surface area contributed by atoms with E-state index in [1.807, 2.05) is 57.2 Å². The molecule has 0 aliphatic heterocycles. The monoisotopic (exact) mass is 448 g/mol. The molecule has 33 heavy (non-hydrogen) atoms. The molecule has 0 aliphatic rings. The number of carbonyl (C=O) groups excluding carboxylic acids is 2. The fraction of sp³-hybridized carbons (Fsp3) is 0.346. The first-order valence-corrected chi connectivity index (χ1v) is 11.4. The van der Waals surface area contributed by atoms with E-state index in [4.69, 9.17) is 4.74 Å². The Morgan fingerprint density at radius 2 is 1.79 bits per heavy atom. The Balaban J connectivity index is 1.69. The second-order valence-electron chi connectivity index (χ2n) is 8.29. The zero-order valence-electron chi connectivity index (χ0n) is 19.7. The molecule has 7 nitrogen and oxygen atoms in total. The van der Waals surface area contributed by atoms with Gasteiger partial charge in [0.1, 0.15) is 12.4 Å². The van der Waals surface area contributed by atoms with Crippen molar-refractivity contribution in [2.75, 3.05) is 11.9 Å². The van der Waals surface area contributed by atoms with Crippen LogP contribution in [0, 0.1) is 5.92 Å². The molecule has 0 spiro atoms. The second kappa shape index (κ2) is 11.3. The molecule has 0 unspecified atom stereocenters. The Morgan fingerprint density at radius 3 is 2.45 bits per heavy atom. The van der Waals surface area contributed by atoms with Crippen LogP contribution in [0.5, 0.6) is 5.75 Å². The van der Waals surface area contributed by atoms with Crippen LogP contribution in [0.1, 0.15) is 59.7 Å². The quantitative estimate of drug-likeness (QED) is 0.471. The van der Waals surface area contributed by atoms with Gasteiger partial charge in [0, 0.05) is 24.8 Å². The van der Waals surface area contributed by atoms with Crippen LogP contribution in [-0.2, 0) is 19.6 Å². The van der Waals surface area contributed by atoms with E-state index in [1.165, 1.54) is 5.56 Å². The fourth-order valence-electron chi connectivity index (χ4n) is 3.21. The Hall–Kier alpha value is -3.61. The van der Waals surface area contributed by atoms with Crippen molar-refractivity contribution < 1.29 is 14.3 Å². The summed E-state index contributed by atoms with van der Waals surface area (Å²) in [5, 5.41) is 10.0. The second-order valence-corrected chi connectivity index (χ2v) is 8.29. The number of aromatic nitrogens is 2. The van der Waals surface area contributed by atoms with E-state index in [9.17, 15) is 9.59 Å². The van der Waals surface area contributed by atoms with Gasteiger partial charge in [0.2, 0.25) is 0 Å². The number of ether oxygens (including phenoxy) is 1. The predicted molar refractivity (Wildman–Crippen MR) is 130 cm³/mol. The molecule has 0 atom stereocenters. The summed E-state index contributed by atoms with van der Waals surface area (Å²) in [7, 11) is 0. The highest BCUT2D eigenvalue weighted by Gasteiger charge is 2.19. The van der Waals surface area contributed by atoms with Crippen molar-refractivity contribution in [2.24, 2.45) is 5.92 Å². The lowest BCUT2D eigenvalue weighted by Gasteiger charge is -2.10. The summed E-state index contributed by atoms with van der Waals surface area (Å²) in [5.74, 6) is 0.487. The van der Waals surface area contributed by atoms with Gasteiger partial charge < -0.3 is 15.4 Å². The van der Waals surface area contributed by atoms with Gasteiger partial charge in [-0.15, -0.1) is 0 Å². The SMILES string of the molecule is CCc1ccc(OCc2cccc(C(=O)Nc3cn(CC)nc3C(=O)NCC(C)C)c2)cc1. The van der Waals surface area contributed by atoms with Gasteiger partial charge in [-0.3, -0.25) is 14.3 Å². The van der Waals surface area contributed by atoms with Crippen molar-refractivity contribution in [3.63, 3.8) is 0 Å². The van der Waals surface area contributed by atoms with Crippen LogP contribution in [0.4, 0.5) is 5.69 Å². The summed E-state index contributed by atoms with van der Waals surface area (Å²) in [4.78, 5) is 25.5. The topological polar surface area (TPSA) is 85.2 Å². The van der Waals surface area contributed by atoms with Crippen LogP contribution >= 0.6 is 0 Å². The Morgan fingerprint density at radius 1 is 1.03 bits per heavy atom. The first-order chi connectivity index (χ1) is 15.9. The first-order valence-electron chi connectivity index (χ1n) is 11.4. The molecule has 0 saturated heterocycles. The third-order valence-electron chi connectivity index (χ3n) is 5.15. The van der Waals surface area contributed by atoms with Gasteiger partial charge in [-0.2, -0.15) is 5.10 Å². The molecule has 2 amide bonds. The largest absolute Gasteiger partial charge is 0.489 e. The van der Waals surface area contributed by atoms with Gasteiger partial charge in [0.05, 0.1) is 5.69 Å². The van der Waals surface area contributed by atoms with E-state index in [1.54, 1.807) is 23.0 Å². The molecule has 2 aromatic carbocycles. The number of anilines is 1. The van der Waals surface area contributed by atoms with Crippen molar-refractivity contribution in [2.45, 2.75) is 47.3 Å². The highest BCUT2D eigenvalue weighted by Crippen LogP contribution is 2.18. The van der Waals surface area contributed by atoms with Crippen LogP contribution in [0.3, 0.4) is 0 Å². The molecule has 0 saturated carbocycles. The molecule has 0 bridgehead atoms. The number of benzene rings is 2. The van der Waals surface area contributed by atoms with Gasteiger partial charge in [-0.05, 0) is 54.7 Å². The molecule has 174 valence electrons. The smallest absolute Gasteiger partial charge is 0.273 e. The van der Waals surface area contributed by atoms with E-state index < -0.39 is 0 Å². The highest BCUT2D eigenvalue weighted by molar-refractivity contribution is 6.08. The maximum absolute atomic E-state index is 12.9. The summed E-state index contributed by atoms with van der Waals surface area (Å²) in [5.41, 5.74) is 3.21. The number of nitrogens with zero attached hydrogens (tertiary/aromatic N) is 2. The standard InChI is InChI=1S/C26H32N4O3/c1-5-19-10-12-22(13-11-19)33-17-20-8-7-9-21(14-20)25(31)28-23-16-30(6-2)29-24(23)26(32)27-15-18(3)4/h7-14,16,18H,5-6,15,17H2,1-4H3,(H,27,32)(H,28,31). The maximum Gasteiger partial charge on any atom is 0.273 e. The van der Waals surface area contributed by atoms with Crippen molar-refractivity contribution in [1.82, 2.24) is 15.1 Å². The lowest BCUT2D eigenvalue weighted by molar-refractivity contribution is 0.0944. The highest BCUT2D eigenvalue weighted by atomic mass is 16.5. The molecule has 3 rings (SSSR count). The minimum Gasteiger partial charge on any atom is -0.489 e. The van der Waals surface area contributed by atoms with Crippen molar-refractivity contribution in [3.05, 3.63) is 77.1 Å². The Labute approximate surface area is 195 Å². The number of amides is 2. The molecule has 1 aromatic heterocycles. The third kappa shape index (κ3) is 6.68. The van der Waals surface area contributed by atoms with Gasteiger partial charge in [0.25, 0.3) is 11.8 Å². The number of nitrogens with one attached hydrogen (secondary N) is 2. The summed E-state index contributed by atoms with van der Waals surface area (Å²) in [6.45, 7) is 9.55. The summed E-state index contributed by atoms with van der Waals surface area (Å²) in [6.07, 6.45) is 2.66. The third-order valence-corrected chi connectivity index (χ3v) is 5.15. The number of rotatable bonds is 10. The molecule has 0 aliphatic carbocycles. The zero-order chi connectivity index (χ0) is 23.8. The van der Waals surface area contributed by atoms with Gasteiger partial charge in [0.15, 0.2) is 5.69 Å². The molecule has 1 heterocycles. The lowest BCUT2D eigenvalue weighted by atomic mass is 10.1. The van der Waals surface area contributed by atoms with Crippen molar-refractivity contribution in [3.8, 4) is 5.75 Å². The molecule has 3 aromatic rings. The normalized spacial score (nSPS) is 10.8. The molecular formula is C26H32N4O3. The number of aryl methyl sites for hydroxylation is 2. The predicted octanol–water partition coefficient (Wildman–Crippen LogP) is 4.68. The number of hydrogen-bond acceptors (Lipinski definition) is 4. The van der Waals surface area contributed by atoms with Crippen LogP contribution in [0.15, 0.2) is 54.7 Å². The minimum absolute atomic E-state index is 0.209. The van der Waals surface area contributed by atoms with Crippen molar-refractivity contribution >= 4 is 17.5 Å². The average molecular weight is 449 g/mol. The summed E-state index contributed by atoms with van der Waals surface area (Å²) < 4.78 is 7.49. The summed E-state index contributed by atoms with van der Waals surface area (Å²) >= 11 is 0. The molecule has 2 N–H and O–H groups in total. The van der Waals surface area contributed by atoms with Gasteiger partial charge in [-0.25, -0.2) is 0 Å². The van der Waals surface area contributed by atoms with E-state index in [0.717, 1.165) is 17.7 Å². The molecule has 0 radical (unpaired) electrons. The van der Waals surface area contributed by atoms with Crippen LogP contribution in [0.25, 0.3) is 0 Å². The fourth-order valence-corrected chi connectivity index (χ4v) is 3.21. The molecule has 0 fully saturated rings. The Kier molecular flexibility index (Phi) is 8.24. The molecule has 7 heteroatoms. The minimum atomic E-state index is -0.308. The van der Waals surface area contributed by atoms with Gasteiger partial charge >= 0.3 is 0 Å². The first kappa shape index (κ1) is 24.0. The van der Waals surface area contributed by atoms with E-state index in [2.05, 4.69) is 22.7 Å². The Bertz CT molecular complexity index is 1090. The zero-order valence-corrected chi connectivity index (χ0v) is 19.7. The van der Waals surface area contributed by atoms with E-state index in [-0.39, 0.29) is 17.5 Å². The molecular weight excluding hydrogens is 416 g/mol. The maximum atomic E-state index is 12.9. The van der Waals surface area contributed by atoms with Crippen LogP contribution < -0.4 is 15.4 Å². The summed E-state index contributed by atoms with van der Waals surface area (Å²) in [6, 6.07) is 15.3. The van der Waals surface area contributed by atoms with E-state index in [0.29, 0.717) is 36.9 Å². The van der Waals surface area contributed by atoms with Crippen molar-refractivity contribution in [1.29, 1.82) is 0 Å².